The third-order valence-corrected chi connectivity index (χ3v) is 17.8. The van der Waals surface area contributed by atoms with Crippen LogP contribution in [0.25, 0.3) is 0 Å². The number of aromatic nitrogens is 3. The Labute approximate surface area is 740 Å². The Bertz CT molecular complexity index is 4260. The number of phenols is 1. The molecule has 24 nitrogen and oxygen atoms in total. The molecule has 0 saturated carbocycles. The predicted molar refractivity (Wildman–Crippen MR) is 485 cm³/mol. The lowest BCUT2D eigenvalue weighted by atomic mass is 9.94. The van der Waals surface area contributed by atoms with Crippen LogP contribution in [0.4, 0.5) is 19.2 Å². The van der Waals surface area contributed by atoms with Gasteiger partial charge in [0.05, 0.1) is 6.26 Å². The summed E-state index contributed by atoms with van der Waals surface area (Å²) in [6.07, 6.45) is 8.19. The number of alkyl halides is 2. The Kier molecular flexibility index (Phi) is 50.3. The maximum atomic E-state index is 12.3. The Morgan fingerprint density at radius 3 is 0.899 bits per heavy atom. The van der Waals surface area contributed by atoms with Crippen LogP contribution < -0.4 is 38.7 Å². The molecule has 0 fully saturated rings. The van der Waals surface area contributed by atoms with E-state index in [9.17, 15) is 47.1 Å². The number of rotatable bonds is 24. The zero-order valence-electron chi connectivity index (χ0n) is 73.1. The second kappa shape index (κ2) is 55.5. The molecule has 0 bridgehead atoms. The molecule has 652 valence electrons. The van der Waals surface area contributed by atoms with Gasteiger partial charge in [0.2, 0.25) is 0 Å². The molecule has 0 aliphatic rings. The van der Waals surface area contributed by atoms with Gasteiger partial charge in [-0.2, -0.15) is 17.6 Å². The Hall–Kier alpha value is -9.30. The van der Waals surface area contributed by atoms with Crippen LogP contribution in [0.15, 0.2) is 165 Å². The topological polar surface area (TPSA) is 313 Å². The number of para-hydroxylation sites is 5. The van der Waals surface area contributed by atoms with Crippen LogP contribution in [-0.4, -0.2) is 96.3 Å². The number of carbonyl (C=O) groups is 7. The van der Waals surface area contributed by atoms with Gasteiger partial charge in [-0.3, -0.25) is 23.9 Å². The first kappa shape index (κ1) is 108. The van der Waals surface area contributed by atoms with E-state index in [0.29, 0.717) is 81.8 Å². The van der Waals surface area contributed by atoms with Gasteiger partial charge >= 0.3 is 24.6 Å². The van der Waals surface area contributed by atoms with Gasteiger partial charge in [-0.15, -0.1) is 24.0 Å². The number of nitrogens with one attached hydrogen (secondary N) is 2. The maximum Gasteiger partial charge on any atom is 0.518 e. The van der Waals surface area contributed by atoms with Crippen LogP contribution in [0.1, 0.15) is 298 Å². The number of aromatic hydroxyl groups is 1. The van der Waals surface area contributed by atoms with Crippen LogP contribution in [0, 0.1) is 0 Å². The molecule has 0 aliphatic carbocycles. The fourth-order valence-corrected chi connectivity index (χ4v) is 11.5. The van der Waals surface area contributed by atoms with Crippen molar-refractivity contribution in [3.05, 3.63) is 237 Å². The summed E-state index contributed by atoms with van der Waals surface area (Å²) < 4.78 is 71.1. The number of carbonyl (C=O) groups excluding carboxylic acids is 7. The normalized spacial score (nSPS) is 10.7. The lowest BCUT2D eigenvalue weighted by Gasteiger charge is -2.18. The van der Waals surface area contributed by atoms with Crippen molar-refractivity contribution in [2.24, 2.45) is 0 Å². The fourth-order valence-electron chi connectivity index (χ4n) is 11.2. The number of halogens is 3. The van der Waals surface area contributed by atoms with E-state index < -0.39 is 34.7 Å². The van der Waals surface area contributed by atoms with Gasteiger partial charge in [0, 0.05) is 50.6 Å². The average Bonchev–Trinajstić information content (AvgIpc) is 0.833. The molecule has 8 aromatic rings. The summed E-state index contributed by atoms with van der Waals surface area (Å²) >= 11 is 7.31. The summed E-state index contributed by atoms with van der Waals surface area (Å²) in [5, 5.41) is 15.0. The molecular formula is C91H124ClI2N5O19S+2. The SMILES string of the molecule is CC(C)c1cccc(C(C)C)c1O.CC(C)c1cccc(C(C)C)c1OC(=O)OCCl.CC(C)c1cccc(C(C)C)c1OC(=O)OCI.CCC(=O)c1cccnc1.CNC(=O)c1ccc[n+](COC(=O)Oc2c(C(C)C)cccc2C(C)C)c1.CNC(=O)c1ccc[n+](COC(=O)Oc2c(C(C)C)cccc2C(C)C)c1.CS(=O)(=O)O.I. The highest BCUT2D eigenvalue weighted by molar-refractivity contribution is 14.1. The molecule has 2 amide bonds. The lowest BCUT2D eigenvalue weighted by Crippen LogP contribution is -2.37. The standard InChI is InChI=1S/2C21H26N2O4.C14H19ClO3.C14H19IO3.C12H18O.C8H9NO.CH4O3S.HI/c2*1-14(2)17-9-6-10-18(15(3)4)19(17)27-21(25)26-13-23-11-7-8-16(12-23)20(24)22-5;2*1-9(2)11-6-5-7-12(10(3)4)13(11)18-14(16)17-8-15;1-8(2)10-6-5-7-11(9(3)4)12(10)13;1-2-8(10)7-4-3-5-9-6-7;1-5(2,3)4;/h2*6-12,14-15H,13H2,1-5H3;2*5-7,9-10H,8H2,1-4H3;5-9,13H,1-4H3;3-6H,2H2,1H3;1H3,(H,2,3,4);1H/p+2. The van der Waals surface area contributed by atoms with Gasteiger partial charge in [-0.25, -0.2) is 19.2 Å². The summed E-state index contributed by atoms with van der Waals surface area (Å²) in [4.78, 5) is 85.7. The molecule has 3 aromatic heterocycles. The zero-order valence-corrected chi connectivity index (χ0v) is 79.2. The van der Waals surface area contributed by atoms with Crippen LogP contribution in [0.3, 0.4) is 0 Å². The second-order valence-corrected chi connectivity index (χ2v) is 32.3. The number of hydrogen-bond acceptors (Lipinski definition) is 19. The summed E-state index contributed by atoms with van der Waals surface area (Å²) in [7, 11) is -0.544. The van der Waals surface area contributed by atoms with Gasteiger partial charge in [0.15, 0.2) is 36.6 Å². The molecule has 0 spiro atoms. The van der Waals surface area contributed by atoms with E-state index in [1.54, 1.807) is 96.8 Å². The first-order chi connectivity index (χ1) is 55.5. The average molecular weight is 1910 g/mol. The molecule has 3 heterocycles. The number of amides is 2. The molecule has 0 unspecified atom stereocenters. The van der Waals surface area contributed by atoms with E-state index in [-0.39, 0.29) is 101 Å². The van der Waals surface area contributed by atoms with E-state index in [1.165, 1.54) is 0 Å². The van der Waals surface area contributed by atoms with Crippen LogP contribution in [0.5, 0.6) is 28.7 Å². The number of phenolic OH excluding ortho intramolecular Hbond substituents is 1. The van der Waals surface area contributed by atoms with Crippen molar-refractivity contribution in [2.75, 3.05) is 31.0 Å². The number of pyridine rings is 3. The van der Waals surface area contributed by atoms with E-state index in [2.05, 4.69) is 159 Å². The molecule has 5 aromatic carbocycles. The van der Waals surface area contributed by atoms with Crippen LogP contribution in [0.2, 0.25) is 0 Å². The van der Waals surface area contributed by atoms with Crippen molar-refractivity contribution >= 4 is 111 Å². The number of Topliss-reactive ketones (excluding diaryl/α,β-unsaturated/α-hetero) is 1. The summed E-state index contributed by atoms with van der Waals surface area (Å²) in [6.45, 7) is 43.1. The van der Waals surface area contributed by atoms with E-state index in [4.69, 9.17) is 49.3 Å². The number of ether oxygens (including phenoxy) is 8. The number of hydrogen-bond donors (Lipinski definition) is 4. The summed E-state index contributed by atoms with van der Waals surface area (Å²) in [5.74, 6) is 5.34. The highest BCUT2D eigenvalue weighted by Crippen LogP contribution is 2.39. The quantitative estimate of drug-likeness (QED) is 0.00638. The molecule has 0 atom stereocenters. The molecule has 0 aliphatic heterocycles. The van der Waals surface area contributed by atoms with Gasteiger partial charge < -0.3 is 53.6 Å². The van der Waals surface area contributed by atoms with Gasteiger partial charge in [-0.1, -0.05) is 248 Å². The number of nitrogens with zero attached hydrogens (tertiary/aromatic N) is 3. The minimum Gasteiger partial charge on any atom is -0.507 e. The summed E-state index contributed by atoms with van der Waals surface area (Å²) in [6, 6.07) is 39.8. The van der Waals surface area contributed by atoms with E-state index in [1.807, 2.05) is 121 Å². The third kappa shape index (κ3) is 38.8. The first-order valence-corrected chi connectivity index (χ1v) is 43.0. The van der Waals surface area contributed by atoms with Crippen molar-refractivity contribution in [3.8, 4) is 28.7 Å². The molecule has 28 heteroatoms. The van der Waals surface area contributed by atoms with Crippen molar-refractivity contribution in [3.63, 3.8) is 0 Å². The molecule has 0 saturated heterocycles. The van der Waals surface area contributed by atoms with E-state index in [0.717, 1.165) is 55.6 Å². The predicted octanol–water partition coefficient (Wildman–Crippen LogP) is 22.4. The first-order valence-electron chi connectivity index (χ1n) is 39.1. The Morgan fingerprint density at radius 2 is 0.672 bits per heavy atom. The Balaban J connectivity index is 0.000000723. The highest BCUT2D eigenvalue weighted by Gasteiger charge is 2.25. The minimum atomic E-state index is -3.67. The maximum absolute atomic E-state index is 12.3. The minimum absolute atomic E-state index is 0. The highest BCUT2D eigenvalue weighted by atomic mass is 127. The molecule has 8 rings (SSSR count). The van der Waals surface area contributed by atoms with Crippen molar-refractivity contribution < 1.29 is 98.7 Å². The lowest BCUT2D eigenvalue weighted by molar-refractivity contribution is -0.728. The van der Waals surface area contributed by atoms with Crippen molar-refractivity contribution in [1.82, 2.24) is 15.6 Å². The largest absolute Gasteiger partial charge is 0.518 e. The van der Waals surface area contributed by atoms with Crippen LogP contribution >= 0.6 is 58.2 Å². The Morgan fingerprint density at radius 1 is 0.420 bits per heavy atom. The van der Waals surface area contributed by atoms with Crippen molar-refractivity contribution in [2.45, 2.75) is 224 Å². The van der Waals surface area contributed by atoms with Gasteiger partial charge in [0.25, 0.3) is 35.4 Å². The number of ketones is 1. The van der Waals surface area contributed by atoms with Crippen LogP contribution in [-0.2, 0) is 42.5 Å². The smallest absolute Gasteiger partial charge is 0.507 e. The van der Waals surface area contributed by atoms with Gasteiger partial charge in [0.1, 0.15) is 44.5 Å². The molecule has 119 heavy (non-hydrogen) atoms. The molecular weight excluding hydrogens is 1790 g/mol. The van der Waals surface area contributed by atoms with Crippen molar-refractivity contribution in [1.29, 1.82) is 0 Å². The zero-order chi connectivity index (χ0) is 89.3. The number of benzene rings is 5. The monoisotopic (exact) mass is 1910 g/mol. The fraction of sp³-hybridized carbons (Fsp3) is 0.429. The molecule has 4 N–H and O–H groups in total. The molecule has 0 radical (unpaired) electrons. The second-order valence-electron chi connectivity index (χ2n) is 30.0. The van der Waals surface area contributed by atoms with Gasteiger partial charge in [-0.05, 0) is 162 Å². The van der Waals surface area contributed by atoms with E-state index >= 15 is 0 Å². The summed E-state index contributed by atoms with van der Waals surface area (Å²) in [5.41, 5.74) is 11.7. The third-order valence-electron chi connectivity index (χ3n) is 17.4.